The Morgan fingerprint density at radius 3 is 2.25 bits per heavy atom. The van der Waals surface area contributed by atoms with E-state index in [0.717, 1.165) is 0 Å². The van der Waals surface area contributed by atoms with Crippen LogP contribution < -0.4 is 0 Å². The molecule has 70 valence electrons. The molecular weight excluding hydrogens is 160 g/mol. The number of ketones is 1. The van der Waals surface area contributed by atoms with Crippen molar-refractivity contribution in [3.63, 3.8) is 0 Å². The van der Waals surface area contributed by atoms with E-state index in [1.54, 1.807) is 6.92 Å². The largest absolute Gasteiger partial charge is 0.465 e. The molecule has 0 aromatic carbocycles. The zero-order valence-electron chi connectivity index (χ0n) is 7.53. The molecule has 2 atom stereocenters. The van der Waals surface area contributed by atoms with E-state index in [1.165, 1.54) is 13.8 Å². The van der Waals surface area contributed by atoms with Crippen LogP contribution in [0.5, 0.6) is 0 Å². The van der Waals surface area contributed by atoms with Gasteiger partial charge in [-0.2, -0.15) is 0 Å². The van der Waals surface area contributed by atoms with Crippen molar-refractivity contribution in [1.29, 1.82) is 0 Å². The summed E-state index contributed by atoms with van der Waals surface area (Å²) in [6.07, 6.45) is -0.985. The topological polar surface area (TPSA) is 63.6 Å². The minimum atomic E-state index is -1.04. The molecule has 0 aliphatic rings. The molecule has 0 aromatic rings. The fraction of sp³-hybridized carbons (Fsp3) is 0.750. The van der Waals surface area contributed by atoms with Crippen LogP contribution in [0, 0.1) is 5.92 Å². The highest BCUT2D eigenvalue weighted by molar-refractivity contribution is 5.98. The van der Waals surface area contributed by atoms with Gasteiger partial charge in [-0.05, 0) is 20.8 Å². The minimum absolute atomic E-state index is 0.218. The lowest BCUT2D eigenvalue weighted by Gasteiger charge is -2.14. The predicted octanol–water partition coefficient (Wildman–Crippen LogP) is 0.136. The van der Waals surface area contributed by atoms with Crippen molar-refractivity contribution in [3.05, 3.63) is 0 Å². The van der Waals surface area contributed by atoms with E-state index in [2.05, 4.69) is 4.74 Å². The molecule has 4 nitrogen and oxygen atoms in total. The van der Waals surface area contributed by atoms with Crippen LogP contribution in [0.15, 0.2) is 0 Å². The number of aliphatic hydroxyl groups is 1. The Balaban J connectivity index is 4.30. The van der Waals surface area contributed by atoms with E-state index in [9.17, 15) is 9.59 Å². The van der Waals surface area contributed by atoms with E-state index in [0.29, 0.717) is 0 Å². The lowest BCUT2D eigenvalue weighted by Crippen LogP contribution is -2.33. The van der Waals surface area contributed by atoms with Crippen molar-refractivity contribution in [2.75, 3.05) is 6.61 Å². The van der Waals surface area contributed by atoms with Crippen molar-refractivity contribution in [2.24, 2.45) is 5.92 Å². The summed E-state index contributed by atoms with van der Waals surface area (Å²) in [5, 5.41) is 9.06. The Morgan fingerprint density at radius 1 is 1.50 bits per heavy atom. The Morgan fingerprint density at radius 2 is 2.00 bits per heavy atom. The van der Waals surface area contributed by atoms with E-state index in [4.69, 9.17) is 5.11 Å². The number of aliphatic hydroxyl groups excluding tert-OH is 1. The van der Waals surface area contributed by atoms with Gasteiger partial charge in [0.2, 0.25) is 0 Å². The van der Waals surface area contributed by atoms with Crippen molar-refractivity contribution in [1.82, 2.24) is 0 Å². The Labute approximate surface area is 71.5 Å². The lowest BCUT2D eigenvalue weighted by atomic mass is 10.00. The number of hydrogen-bond acceptors (Lipinski definition) is 4. The maximum absolute atomic E-state index is 11.0. The minimum Gasteiger partial charge on any atom is -0.465 e. The quantitative estimate of drug-likeness (QED) is 0.486. The molecule has 1 N–H and O–H groups in total. The molecule has 0 radical (unpaired) electrons. The maximum Gasteiger partial charge on any atom is 0.319 e. The van der Waals surface area contributed by atoms with Crippen LogP contribution in [0.2, 0.25) is 0 Å². The number of hydrogen-bond donors (Lipinski definition) is 1. The Hall–Kier alpha value is -0.900. The van der Waals surface area contributed by atoms with Gasteiger partial charge in [0.05, 0.1) is 12.7 Å². The highest BCUT2D eigenvalue weighted by atomic mass is 16.5. The molecule has 0 aliphatic heterocycles. The number of Topliss-reactive ketones (excluding diaryl/α,β-unsaturated/α-hetero) is 1. The number of carbonyl (C=O) groups is 2. The Kier molecular flexibility index (Phi) is 4.51. The summed E-state index contributed by atoms with van der Waals surface area (Å²) in [7, 11) is 0. The zero-order chi connectivity index (χ0) is 9.72. The smallest absolute Gasteiger partial charge is 0.319 e. The molecule has 0 amide bonds. The maximum atomic E-state index is 11.0. The predicted molar refractivity (Wildman–Crippen MR) is 42.5 cm³/mol. The fourth-order valence-corrected chi connectivity index (χ4v) is 0.935. The fourth-order valence-electron chi connectivity index (χ4n) is 0.935. The first-order chi connectivity index (χ1) is 5.50. The van der Waals surface area contributed by atoms with E-state index in [-0.39, 0.29) is 12.4 Å². The van der Waals surface area contributed by atoms with Gasteiger partial charge in [-0.25, -0.2) is 0 Å². The molecule has 0 saturated carbocycles. The number of ether oxygens (including phenoxy) is 1. The molecule has 2 unspecified atom stereocenters. The second-order valence-electron chi connectivity index (χ2n) is 2.58. The van der Waals surface area contributed by atoms with Gasteiger partial charge in [-0.15, -0.1) is 0 Å². The average Bonchev–Trinajstić information content (AvgIpc) is 1.85. The second kappa shape index (κ2) is 4.87. The van der Waals surface area contributed by atoms with Crippen LogP contribution in [0.3, 0.4) is 0 Å². The molecule has 0 heterocycles. The van der Waals surface area contributed by atoms with Gasteiger partial charge in [-0.3, -0.25) is 9.59 Å². The first-order valence-electron chi connectivity index (χ1n) is 3.85. The van der Waals surface area contributed by atoms with Crippen LogP contribution in [0.25, 0.3) is 0 Å². The first-order valence-corrected chi connectivity index (χ1v) is 3.85. The summed E-state index contributed by atoms with van der Waals surface area (Å²) in [5.41, 5.74) is 0. The monoisotopic (exact) mass is 174 g/mol. The van der Waals surface area contributed by atoms with E-state index < -0.39 is 18.0 Å². The molecule has 0 bridgehead atoms. The number of esters is 1. The molecule has 4 heteroatoms. The van der Waals surface area contributed by atoms with Gasteiger partial charge >= 0.3 is 5.97 Å². The van der Waals surface area contributed by atoms with Crippen LogP contribution in [-0.2, 0) is 14.3 Å². The summed E-state index contributed by atoms with van der Waals surface area (Å²) in [6.45, 7) is 4.52. The highest BCUT2D eigenvalue weighted by Gasteiger charge is 2.29. The zero-order valence-corrected chi connectivity index (χ0v) is 7.53. The van der Waals surface area contributed by atoms with Crippen LogP contribution in [-0.4, -0.2) is 29.6 Å². The average molecular weight is 174 g/mol. The lowest BCUT2D eigenvalue weighted by molar-refractivity contribution is -0.155. The van der Waals surface area contributed by atoms with Crippen molar-refractivity contribution in [2.45, 2.75) is 26.9 Å². The van der Waals surface area contributed by atoms with Gasteiger partial charge in [0.15, 0.2) is 0 Å². The third-order valence-electron chi connectivity index (χ3n) is 1.46. The molecule has 0 aliphatic carbocycles. The van der Waals surface area contributed by atoms with Crippen LogP contribution in [0.4, 0.5) is 0 Å². The molecule has 0 fully saturated rings. The van der Waals surface area contributed by atoms with Crippen LogP contribution >= 0.6 is 0 Å². The second-order valence-corrected chi connectivity index (χ2v) is 2.58. The van der Waals surface area contributed by atoms with Gasteiger partial charge in [0.1, 0.15) is 11.7 Å². The summed E-state index contributed by atoms with van der Waals surface area (Å²) in [6, 6.07) is 0. The molecule has 12 heavy (non-hydrogen) atoms. The van der Waals surface area contributed by atoms with Crippen LogP contribution in [0.1, 0.15) is 20.8 Å². The van der Waals surface area contributed by atoms with Gasteiger partial charge in [-0.1, -0.05) is 0 Å². The van der Waals surface area contributed by atoms with Crippen molar-refractivity contribution in [3.8, 4) is 0 Å². The number of carbonyl (C=O) groups excluding carboxylic acids is 2. The van der Waals surface area contributed by atoms with Gasteiger partial charge in [0.25, 0.3) is 0 Å². The third-order valence-corrected chi connectivity index (χ3v) is 1.46. The van der Waals surface area contributed by atoms with Crippen molar-refractivity contribution >= 4 is 11.8 Å². The standard InChI is InChI=1S/C8H14O4/c1-4-12-8(11)7(5(2)9)6(3)10/h5,7,9H,4H2,1-3H3. The molecule has 0 spiro atoms. The SMILES string of the molecule is CCOC(=O)C(C(C)=O)C(C)O. The Bertz CT molecular complexity index is 174. The summed E-state index contributed by atoms with van der Waals surface area (Å²) in [4.78, 5) is 21.9. The van der Waals surface area contributed by atoms with Gasteiger partial charge in [0, 0.05) is 0 Å². The normalized spacial score (nSPS) is 15.0. The van der Waals surface area contributed by atoms with Gasteiger partial charge < -0.3 is 9.84 Å². The molecular formula is C8H14O4. The third kappa shape index (κ3) is 3.00. The van der Waals surface area contributed by atoms with Crippen molar-refractivity contribution < 1.29 is 19.4 Å². The summed E-state index contributed by atoms with van der Waals surface area (Å²) >= 11 is 0. The molecule has 0 saturated heterocycles. The van der Waals surface area contributed by atoms with E-state index >= 15 is 0 Å². The first kappa shape index (κ1) is 11.1. The number of rotatable bonds is 4. The van der Waals surface area contributed by atoms with E-state index in [1.807, 2.05) is 0 Å². The summed E-state index contributed by atoms with van der Waals surface area (Å²) < 4.78 is 4.61. The molecule has 0 aromatic heterocycles. The highest BCUT2D eigenvalue weighted by Crippen LogP contribution is 2.07. The summed E-state index contributed by atoms with van der Waals surface area (Å²) in [5.74, 6) is -2.06. The molecule has 0 rings (SSSR count).